The van der Waals surface area contributed by atoms with Crippen LogP contribution in [0.4, 0.5) is 0 Å². The average molecular weight is 186 g/mol. The maximum Gasteiger partial charge on any atom is 0.0962 e. The highest BCUT2D eigenvalue weighted by atomic mass is 32.2. The molecule has 0 amide bonds. The summed E-state index contributed by atoms with van der Waals surface area (Å²) in [6.07, 6.45) is 1.90. The number of aromatic nitrogens is 3. The molecule has 0 aliphatic rings. The van der Waals surface area contributed by atoms with Crippen molar-refractivity contribution in [2.24, 2.45) is 5.73 Å². The summed E-state index contributed by atoms with van der Waals surface area (Å²) in [7, 11) is 0. The summed E-state index contributed by atoms with van der Waals surface area (Å²) in [4.78, 5) is 0. The molecule has 1 rings (SSSR count). The Morgan fingerprint density at radius 1 is 1.67 bits per heavy atom. The molecule has 0 fully saturated rings. The second-order valence-corrected chi connectivity index (χ2v) is 3.77. The minimum atomic E-state index is 0.473. The van der Waals surface area contributed by atoms with Gasteiger partial charge in [0.05, 0.1) is 12.2 Å². The van der Waals surface area contributed by atoms with E-state index in [1.54, 1.807) is 0 Å². The Morgan fingerprint density at radius 3 is 3.08 bits per heavy atom. The van der Waals surface area contributed by atoms with E-state index in [0.717, 1.165) is 23.7 Å². The molecule has 0 bridgehead atoms. The van der Waals surface area contributed by atoms with Crippen LogP contribution in [-0.4, -0.2) is 26.5 Å². The van der Waals surface area contributed by atoms with Crippen molar-refractivity contribution in [1.82, 2.24) is 15.0 Å². The summed E-state index contributed by atoms with van der Waals surface area (Å²) in [6.45, 7) is 3.55. The van der Waals surface area contributed by atoms with Crippen molar-refractivity contribution in [1.29, 1.82) is 0 Å². The van der Waals surface area contributed by atoms with E-state index in [4.69, 9.17) is 5.73 Å². The monoisotopic (exact) mass is 186 g/mol. The van der Waals surface area contributed by atoms with E-state index >= 15 is 0 Å². The van der Waals surface area contributed by atoms with Crippen LogP contribution in [0.2, 0.25) is 0 Å². The van der Waals surface area contributed by atoms with E-state index in [0.29, 0.717) is 6.54 Å². The topological polar surface area (TPSA) is 56.7 Å². The zero-order chi connectivity index (χ0) is 8.81. The van der Waals surface area contributed by atoms with Crippen molar-refractivity contribution >= 4 is 11.8 Å². The summed E-state index contributed by atoms with van der Waals surface area (Å²) < 4.78 is 1.84. The molecular formula is C7H14N4S. The van der Waals surface area contributed by atoms with E-state index in [1.165, 1.54) is 0 Å². The number of rotatable bonds is 5. The normalized spacial score (nSPS) is 10.5. The second-order valence-electron chi connectivity index (χ2n) is 2.37. The molecular weight excluding hydrogens is 172 g/mol. The number of hydrogen-bond acceptors (Lipinski definition) is 4. The third kappa shape index (κ3) is 2.83. The fourth-order valence-electron chi connectivity index (χ4n) is 0.844. The molecule has 5 heteroatoms. The van der Waals surface area contributed by atoms with Gasteiger partial charge < -0.3 is 5.73 Å². The molecule has 0 saturated carbocycles. The number of hydrogen-bond donors (Lipinski definition) is 1. The van der Waals surface area contributed by atoms with E-state index < -0.39 is 0 Å². The maximum atomic E-state index is 5.40. The first-order valence-electron chi connectivity index (χ1n) is 4.03. The van der Waals surface area contributed by atoms with Crippen LogP contribution in [0.5, 0.6) is 0 Å². The number of nitrogens with two attached hydrogens (primary N) is 1. The average Bonchev–Trinajstić information content (AvgIpc) is 2.53. The SMILES string of the molecule is CCSCCn1cc(CN)nn1. The molecule has 1 aromatic heterocycles. The van der Waals surface area contributed by atoms with Crippen LogP contribution in [-0.2, 0) is 13.1 Å². The van der Waals surface area contributed by atoms with Gasteiger partial charge >= 0.3 is 0 Å². The quantitative estimate of drug-likeness (QED) is 0.680. The second kappa shape index (κ2) is 5.16. The molecule has 0 aromatic carbocycles. The highest BCUT2D eigenvalue weighted by molar-refractivity contribution is 7.99. The van der Waals surface area contributed by atoms with Crippen molar-refractivity contribution < 1.29 is 0 Å². The van der Waals surface area contributed by atoms with E-state index in [2.05, 4.69) is 17.2 Å². The summed E-state index contributed by atoms with van der Waals surface area (Å²) in [6, 6.07) is 0. The lowest BCUT2D eigenvalue weighted by Gasteiger charge is -1.97. The molecule has 68 valence electrons. The molecule has 1 heterocycles. The largest absolute Gasteiger partial charge is 0.325 e. The van der Waals surface area contributed by atoms with E-state index in [9.17, 15) is 0 Å². The van der Waals surface area contributed by atoms with Crippen molar-refractivity contribution in [3.05, 3.63) is 11.9 Å². The lowest BCUT2D eigenvalue weighted by Crippen LogP contribution is -2.01. The first-order chi connectivity index (χ1) is 5.86. The molecule has 0 atom stereocenters. The van der Waals surface area contributed by atoms with Gasteiger partial charge in [0.25, 0.3) is 0 Å². The molecule has 0 aliphatic heterocycles. The van der Waals surface area contributed by atoms with Gasteiger partial charge in [-0.1, -0.05) is 12.1 Å². The third-order valence-corrected chi connectivity index (χ3v) is 2.34. The molecule has 0 unspecified atom stereocenters. The van der Waals surface area contributed by atoms with Gasteiger partial charge in [0.2, 0.25) is 0 Å². The number of aryl methyl sites for hydroxylation is 1. The van der Waals surface area contributed by atoms with E-state index in [1.807, 2.05) is 22.6 Å². The van der Waals surface area contributed by atoms with Gasteiger partial charge in [-0.25, -0.2) is 0 Å². The lowest BCUT2D eigenvalue weighted by molar-refractivity contribution is 0.632. The van der Waals surface area contributed by atoms with Gasteiger partial charge in [-0.2, -0.15) is 11.8 Å². The predicted molar refractivity (Wildman–Crippen MR) is 50.9 cm³/mol. The summed E-state index contributed by atoms with van der Waals surface area (Å²) in [5.74, 6) is 2.24. The fourth-order valence-corrected chi connectivity index (χ4v) is 1.45. The molecule has 0 aliphatic carbocycles. The highest BCUT2D eigenvalue weighted by Crippen LogP contribution is 1.99. The molecule has 2 N–H and O–H groups in total. The number of thioether (sulfide) groups is 1. The third-order valence-electron chi connectivity index (χ3n) is 1.46. The van der Waals surface area contributed by atoms with Crippen LogP contribution in [0, 0.1) is 0 Å². The number of nitrogens with zero attached hydrogens (tertiary/aromatic N) is 3. The molecule has 0 radical (unpaired) electrons. The summed E-state index contributed by atoms with van der Waals surface area (Å²) in [5, 5.41) is 7.82. The Labute approximate surface area is 76.5 Å². The Morgan fingerprint density at radius 2 is 2.50 bits per heavy atom. The van der Waals surface area contributed by atoms with Crippen molar-refractivity contribution in [2.75, 3.05) is 11.5 Å². The Bertz CT molecular complexity index is 223. The molecule has 1 aromatic rings. The Hall–Kier alpha value is -0.550. The van der Waals surface area contributed by atoms with Gasteiger partial charge in [-0.15, -0.1) is 5.10 Å². The van der Waals surface area contributed by atoms with Crippen LogP contribution in [0.1, 0.15) is 12.6 Å². The minimum Gasteiger partial charge on any atom is -0.325 e. The zero-order valence-corrected chi connectivity index (χ0v) is 8.05. The van der Waals surface area contributed by atoms with Gasteiger partial charge in [0, 0.05) is 18.5 Å². The van der Waals surface area contributed by atoms with Gasteiger partial charge in [0.1, 0.15) is 0 Å². The van der Waals surface area contributed by atoms with Gasteiger partial charge in [-0.3, -0.25) is 4.68 Å². The van der Waals surface area contributed by atoms with Crippen molar-refractivity contribution in [3.63, 3.8) is 0 Å². The smallest absolute Gasteiger partial charge is 0.0962 e. The lowest BCUT2D eigenvalue weighted by atomic mass is 10.5. The van der Waals surface area contributed by atoms with Gasteiger partial charge in [0.15, 0.2) is 0 Å². The maximum absolute atomic E-state index is 5.40. The van der Waals surface area contributed by atoms with Crippen LogP contribution >= 0.6 is 11.8 Å². The predicted octanol–water partition coefficient (Wildman–Crippen LogP) is 0.490. The fraction of sp³-hybridized carbons (Fsp3) is 0.714. The van der Waals surface area contributed by atoms with Crippen molar-refractivity contribution in [3.8, 4) is 0 Å². The molecule has 0 spiro atoms. The highest BCUT2D eigenvalue weighted by Gasteiger charge is 1.96. The Kier molecular flexibility index (Phi) is 4.10. The molecule has 4 nitrogen and oxygen atoms in total. The molecule has 0 saturated heterocycles. The summed E-state index contributed by atoms with van der Waals surface area (Å²) in [5.41, 5.74) is 6.25. The van der Waals surface area contributed by atoms with Crippen LogP contribution in [0.3, 0.4) is 0 Å². The minimum absolute atomic E-state index is 0.473. The van der Waals surface area contributed by atoms with Crippen molar-refractivity contribution in [2.45, 2.75) is 20.0 Å². The Balaban J connectivity index is 2.31. The van der Waals surface area contributed by atoms with E-state index in [-0.39, 0.29) is 0 Å². The van der Waals surface area contributed by atoms with Crippen LogP contribution in [0.15, 0.2) is 6.20 Å². The standard InChI is InChI=1S/C7H14N4S/c1-2-12-4-3-11-6-7(5-8)9-10-11/h6H,2-5,8H2,1H3. The summed E-state index contributed by atoms with van der Waals surface area (Å²) >= 11 is 1.90. The van der Waals surface area contributed by atoms with Gasteiger partial charge in [-0.05, 0) is 5.75 Å². The zero-order valence-electron chi connectivity index (χ0n) is 7.23. The first kappa shape index (κ1) is 9.54. The molecule has 12 heavy (non-hydrogen) atoms. The van der Waals surface area contributed by atoms with Crippen LogP contribution < -0.4 is 5.73 Å². The van der Waals surface area contributed by atoms with Crippen LogP contribution in [0.25, 0.3) is 0 Å². The first-order valence-corrected chi connectivity index (χ1v) is 5.19.